The minimum atomic E-state index is -0.174. The standard InChI is InChI=1S/C14H16BrFN2S/c1-2-5-18-14(7-11-8-17-9-19-11)12-4-3-10(15)6-13(12)16/h3-4,6,8-9,14,18H,2,5,7H2,1H3. The molecular formula is C14H16BrFN2S. The number of benzene rings is 1. The highest BCUT2D eigenvalue weighted by atomic mass is 79.9. The third kappa shape index (κ3) is 4.09. The third-order valence-corrected chi connectivity index (χ3v) is 4.16. The highest BCUT2D eigenvalue weighted by Gasteiger charge is 2.16. The molecule has 0 radical (unpaired) electrons. The van der Waals surface area contributed by atoms with E-state index in [1.807, 2.05) is 23.8 Å². The van der Waals surface area contributed by atoms with E-state index in [2.05, 4.69) is 33.2 Å². The molecule has 2 nitrogen and oxygen atoms in total. The molecule has 102 valence electrons. The van der Waals surface area contributed by atoms with Gasteiger partial charge in [0, 0.05) is 33.6 Å². The molecule has 0 saturated carbocycles. The second-order valence-electron chi connectivity index (χ2n) is 4.34. The van der Waals surface area contributed by atoms with E-state index in [1.165, 1.54) is 6.07 Å². The molecule has 1 N–H and O–H groups in total. The third-order valence-electron chi connectivity index (χ3n) is 2.87. The van der Waals surface area contributed by atoms with Gasteiger partial charge in [-0.2, -0.15) is 0 Å². The Morgan fingerprint density at radius 3 is 2.95 bits per heavy atom. The summed E-state index contributed by atoms with van der Waals surface area (Å²) in [4.78, 5) is 5.24. The van der Waals surface area contributed by atoms with Gasteiger partial charge in [0.25, 0.3) is 0 Å². The number of hydrogen-bond acceptors (Lipinski definition) is 3. The van der Waals surface area contributed by atoms with Gasteiger partial charge in [-0.05, 0) is 25.1 Å². The SMILES string of the molecule is CCCNC(Cc1cncs1)c1ccc(Br)cc1F. The molecule has 2 aromatic rings. The lowest BCUT2D eigenvalue weighted by atomic mass is 10.0. The van der Waals surface area contributed by atoms with Crippen molar-refractivity contribution in [3.8, 4) is 0 Å². The lowest BCUT2D eigenvalue weighted by Crippen LogP contribution is -2.24. The van der Waals surface area contributed by atoms with Gasteiger partial charge in [0.05, 0.1) is 5.51 Å². The van der Waals surface area contributed by atoms with Crippen molar-refractivity contribution in [3.05, 3.63) is 50.6 Å². The number of aromatic nitrogens is 1. The number of nitrogens with zero attached hydrogens (tertiary/aromatic N) is 1. The minimum Gasteiger partial charge on any atom is -0.310 e. The number of hydrogen-bond donors (Lipinski definition) is 1. The van der Waals surface area contributed by atoms with Gasteiger partial charge in [-0.25, -0.2) is 4.39 Å². The van der Waals surface area contributed by atoms with Gasteiger partial charge in [0.1, 0.15) is 5.82 Å². The Labute approximate surface area is 125 Å². The van der Waals surface area contributed by atoms with Crippen molar-refractivity contribution in [1.82, 2.24) is 10.3 Å². The number of rotatable bonds is 6. The van der Waals surface area contributed by atoms with E-state index in [-0.39, 0.29) is 11.9 Å². The predicted octanol–water partition coefficient (Wildman–Crippen LogP) is 4.33. The summed E-state index contributed by atoms with van der Waals surface area (Å²) in [5.74, 6) is -0.174. The average Bonchev–Trinajstić information content (AvgIpc) is 2.88. The fourth-order valence-corrected chi connectivity index (χ4v) is 2.91. The summed E-state index contributed by atoms with van der Waals surface area (Å²) in [6.07, 6.45) is 3.64. The van der Waals surface area contributed by atoms with Crippen LogP contribution in [0.3, 0.4) is 0 Å². The van der Waals surface area contributed by atoms with Crippen molar-refractivity contribution in [2.45, 2.75) is 25.8 Å². The second-order valence-corrected chi connectivity index (χ2v) is 6.23. The molecule has 0 fully saturated rings. The van der Waals surface area contributed by atoms with Crippen molar-refractivity contribution in [2.24, 2.45) is 0 Å². The Bertz CT molecular complexity index is 516. The normalized spacial score (nSPS) is 12.6. The van der Waals surface area contributed by atoms with Gasteiger partial charge in [-0.3, -0.25) is 4.98 Å². The zero-order valence-electron chi connectivity index (χ0n) is 10.7. The lowest BCUT2D eigenvalue weighted by Gasteiger charge is -2.19. The molecule has 19 heavy (non-hydrogen) atoms. The van der Waals surface area contributed by atoms with Crippen LogP contribution >= 0.6 is 27.3 Å². The van der Waals surface area contributed by atoms with E-state index in [9.17, 15) is 4.39 Å². The number of nitrogens with one attached hydrogen (secondary N) is 1. The molecule has 2 rings (SSSR count). The van der Waals surface area contributed by atoms with Gasteiger partial charge < -0.3 is 5.32 Å². The molecule has 0 amide bonds. The average molecular weight is 343 g/mol. The monoisotopic (exact) mass is 342 g/mol. The zero-order valence-corrected chi connectivity index (χ0v) is 13.1. The number of thiazole rings is 1. The molecule has 1 aromatic carbocycles. The molecular weight excluding hydrogens is 327 g/mol. The van der Waals surface area contributed by atoms with E-state index in [0.717, 1.165) is 28.7 Å². The fourth-order valence-electron chi connectivity index (χ4n) is 1.94. The van der Waals surface area contributed by atoms with Crippen LogP contribution in [0.25, 0.3) is 0 Å². The van der Waals surface area contributed by atoms with E-state index in [0.29, 0.717) is 5.56 Å². The summed E-state index contributed by atoms with van der Waals surface area (Å²) in [6, 6.07) is 5.23. The molecule has 1 heterocycles. The van der Waals surface area contributed by atoms with Crippen molar-refractivity contribution >= 4 is 27.3 Å². The maximum Gasteiger partial charge on any atom is 0.129 e. The van der Waals surface area contributed by atoms with Crippen LogP contribution < -0.4 is 5.32 Å². The smallest absolute Gasteiger partial charge is 0.129 e. The Hall–Kier alpha value is -0.780. The molecule has 1 aromatic heterocycles. The highest BCUT2D eigenvalue weighted by molar-refractivity contribution is 9.10. The fraction of sp³-hybridized carbons (Fsp3) is 0.357. The Morgan fingerprint density at radius 1 is 1.47 bits per heavy atom. The van der Waals surface area contributed by atoms with E-state index < -0.39 is 0 Å². The molecule has 0 aliphatic rings. The molecule has 0 saturated heterocycles. The quantitative estimate of drug-likeness (QED) is 0.845. The maximum absolute atomic E-state index is 14.1. The Kier molecular flexibility index (Phi) is 5.48. The molecule has 0 aliphatic carbocycles. The Morgan fingerprint density at radius 2 is 2.32 bits per heavy atom. The minimum absolute atomic E-state index is 0.00602. The summed E-state index contributed by atoms with van der Waals surface area (Å²) in [7, 11) is 0. The molecule has 0 bridgehead atoms. The van der Waals surface area contributed by atoms with Crippen molar-refractivity contribution in [1.29, 1.82) is 0 Å². The van der Waals surface area contributed by atoms with Crippen LogP contribution in [0.1, 0.15) is 29.8 Å². The van der Waals surface area contributed by atoms with E-state index in [4.69, 9.17) is 0 Å². The first kappa shape index (κ1) is 14.6. The van der Waals surface area contributed by atoms with Gasteiger partial charge >= 0.3 is 0 Å². The number of halogens is 2. The zero-order chi connectivity index (χ0) is 13.7. The van der Waals surface area contributed by atoms with Crippen molar-refractivity contribution in [2.75, 3.05) is 6.54 Å². The van der Waals surface area contributed by atoms with Gasteiger partial charge in [0.15, 0.2) is 0 Å². The van der Waals surface area contributed by atoms with Gasteiger partial charge in [-0.1, -0.05) is 28.9 Å². The van der Waals surface area contributed by atoms with E-state index in [1.54, 1.807) is 11.3 Å². The molecule has 0 spiro atoms. The molecule has 5 heteroatoms. The summed E-state index contributed by atoms with van der Waals surface area (Å²) >= 11 is 4.90. The van der Waals surface area contributed by atoms with Crippen LogP contribution in [0.4, 0.5) is 4.39 Å². The first-order valence-corrected chi connectivity index (χ1v) is 7.93. The largest absolute Gasteiger partial charge is 0.310 e. The van der Waals surface area contributed by atoms with Crippen LogP contribution in [0.5, 0.6) is 0 Å². The van der Waals surface area contributed by atoms with Crippen LogP contribution in [0, 0.1) is 5.82 Å². The first-order valence-electron chi connectivity index (χ1n) is 6.26. The van der Waals surface area contributed by atoms with Crippen LogP contribution in [-0.2, 0) is 6.42 Å². The van der Waals surface area contributed by atoms with Crippen molar-refractivity contribution < 1.29 is 4.39 Å². The highest BCUT2D eigenvalue weighted by Crippen LogP contribution is 2.25. The van der Waals surface area contributed by atoms with E-state index >= 15 is 0 Å². The van der Waals surface area contributed by atoms with Crippen molar-refractivity contribution in [3.63, 3.8) is 0 Å². The summed E-state index contributed by atoms with van der Waals surface area (Å²) in [5.41, 5.74) is 2.52. The van der Waals surface area contributed by atoms with Crippen LogP contribution in [0.2, 0.25) is 0 Å². The lowest BCUT2D eigenvalue weighted by molar-refractivity contribution is 0.499. The predicted molar refractivity (Wildman–Crippen MR) is 81.0 cm³/mol. The van der Waals surface area contributed by atoms with Gasteiger partial charge in [0.2, 0.25) is 0 Å². The van der Waals surface area contributed by atoms with Crippen LogP contribution in [0.15, 0.2) is 34.4 Å². The van der Waals surface area contributed by atoms with Gasteiger partial charge in [-0.15, -0.1) is 11.3 Å². The topological polar surface area (TPSA) is 24.9 Å². The Balaban J connectivity index is 2.20. The summed E-state index contributed by atoms with van der Waals surface area (Å²) < 4.78 is 14.8. The molecule has 1 unspecified atom stereocenters. The summed E-state index contributed by atoms with van der Waals surface area (Å²) in [6.45, 7) is 2.98. The second kappa shape index (κ2) is 7.12. The molecule has 1 atom stereocenters. The first-order chi connectivity index (χ1) is 9.20. The molecule has 0 aliphatic heterocycles. The summed E-state index contributed by atoms with van der Waals surface area (Å²) in [5, 5.41) is 3.41. The van der Waals surface area contributed by atoms with Crippen LogP contribution in [-0.4, -0.2) is 11.5 Å². The maximum atomic E-state index is 14.1.